The highest BCUT2D eigenvalue weighted by molar-refractivity contribution is 5.94. The number of alkyl halides is 3. The molecule has 0 unspecified atom stereocenters. The molecule has 0 spiro atoms. The Morgan fingerprint density at radius 2 is 1.75 bits per heavy atom. The molecule has 11 heteroatoms. The van der Waals surface area contributed by atoms with Gasteiger partial charge in [0.05, 0.1) is 11.3 Å². The monoisotopic (exact) mass is 558 g/mol. The van der Waals surface area contributed by atoms with Crippen LogP contribution in [0.15, 0.2) is 30.5 Å². The Morgan fingerprint density at radius 1 is 1.05 bits per heavy atom. The van der Waals surface area contributed by atoms with Crippen LogP contribution in [-0.4, -0.2) is 70.9 Å². The summed E-state index contributed by atoms with van der Waals surface area (Å²) in [5, 5.41) is 5.99. The second-order valence-corrected chi connectivity index (χ2v) is 11.5. The molecule has 2 atom stereocenters. The minimum Gasteiger partial charge on any atom is -0.353 e. The lowest BCUT2D eigenvalue weighted by molar-refractivity contribution is -0.138. The molecule has 5 rings (SSSR count). The maximum Gasteiger partial charge on any atom is 0.419 e. The summed E-state index contributed by atoms with van der Waals surface area (Å²) in [5.74, 6) is -0.573. The normalized spacial score (nSPS) is 22.2. The van der Waals surface area contributed by atoms with Crippen LogP contribution < -0.4 is 10.6 Å². The van der Waals surface area contributed by atoms with E-state index in [0.29, 0.717) is 24.1 Å². The fraction of sp³-hybridized carbons (Fsp3) is 0.586. The van der Waals surface area contributed by atoms with E-state index in [2.05, 4.69) is 32.5 Å². The van der Waals surface area contributed by atoms with Crippen LogP contribution in [0.4, 0.5) is 24.8 Å². The lowest BCUT2D eigenvalue weighted by Crippen LogP contribution is -2.44. The number of likely N-dealkylation sites (tertiary alicyclic amines) is 1. The van der Waals surface area contributed by atoms with Gasteiger partial charge in [0.25, 0.3) is 5.91 Å². The number of nitrogens with one attached hydrogen (secondary N) is 2. The Labute approximate surface area is 232 Å². The fourth-order valence-corrected chi connectivity index (χ4v) is 5.86. The molecule has 2 heterocycles. The highest BCUT2D eigenvalue weighted by Crippen LogP contribution is 2.38. The van der Waals surface area contributed by atoms with Gasteiger partial charge in [-0.1, -0.05) is 6.42 Å². The maximum absolute atomic E-state index is 13.8. The summed E-state index contributed by atoms with van der Waals surface area (Å²) in [6.07, 6.45) is 2.24. The van der Waals surface area contributed by atoms with E-state index in [1.54, 1.807) is 29.2 Å². The van der Waals surface area contributed by atoms with Crippen molar-refractivity contribution in [3.8, 4) is 0 Å². The molecule has 2 N–H and O–H groups in total. The van der Waals surface area contributed by atoms with Crippen molar-refractivity contribution in [2.24, 2.45) is 11.8 Å². The first-order valence-electron chi connectivity index (χ1n) is 14.1. The van der Waals surface area contributed by atoms with Crippen LogP contribution in [0.5, 0.6) is 0 Å². The van der Waals surface area contributed by atoms with Crippen LogP contribution in [0.3, 0.4) is 0 Å². The van der Waals surface area contributed by atoms with E-state index in [1.807, 2.05) is 7.05 Å². The van der Waals surface area contributed by atoms with Crippen molar-refractivity contribution < 1.29 is 22.8 Å². The summed E-state index contributed by atoms with van der Waals surface area (Å²) in [6, 6.07) is 7.20. The molecular weight excluding hydrogens is 521 g/mol. The molecule has 0 bridgehead atoms. The second-order valence-electron chi connectivity index (χ2n) is 11.5. The number of nitrogens with zero attached hydrogens (tertiary/aromatic N) is 4. The third-order valence-electron chi connectivity index (χ3n) is 8.49. The minimum absolute atomic E-state index is 0.0440. The number of aromatic nitrogens is 2. The average molecular weight is 559 g/mol. The third-order valence-corrected chi connectivity index (χ3v) is 8.49. The van der Waals surface area contributed by atoms with Gasteiger partial charge in [0, 0.05) is 42.5 Å². The largest absolute Gasteiger partial charge is 0.419 e. The quantitative estimate of drug-likeness (QED) is 0.491. The molecule has 1 saturated heterocycles. The molecule has 40 heavy (non-hydrogen) atoms. The third kappa shape index (κ3) is 6.74. The van der Waals surface area contributed by atoms with E-state index in [9.17, 15) is 22.8 Å². The van der Waals surface area contributed by atoms with Crippen molar-refractivity contribution in [1.29, 1.82) is 0 Å². The predicted octanol–water partition coefficient (Wildman–Crippen LogP) is 4.64. The van der Waals surface area contributed by atoms with Crippen LogP contribution in [0, 0.1) is 11.8 Å². The van der Waals surface area contributed by atoms with Crippen molar-refractivity contribution >= 4 is 23.5 Å². The number of amides is 2. The van der Waals surface area contributed by atoms with Crippen LogP contribution in [0.1, 0.15) is 66.6 Å². The summed E-state index contributed by atoms with van der Waals surface area (Å²) < 4.78 is 41.5. The smallest absolute Gasteiger partial charge is 0.353 e. The van der Waals surface area contributed by atoms with Gasteiger partial charge in [0.15, 0.2) is 0 Å². The summed E-state index contributed by atoms with van der Waals surface area (Å²) in [6.45, 7) is 1.91. The topological polar surface area (TPSA) is 90.5 Å². The zero-order chi connectivity index (χ0) is 28.4. The highest BCUT2D eigenvalue weighted by Gasteiger charge is 2.39. The first-order chi connectivity index (χ1) is 19.1. The molecular formula is C29H37F3N6O2. The lowest BCUT2D eigenvalue weighted by Gasteiger charge is -2.35. The summed E-state index contributed by atoms with van der Waals surface area (Å²) in [4.78, 5) is 37.9. The standard InChI is InChI=1S/C29H37F3N6O2/c1-37-14-12-22(13-15-37)38(2)27(40)18-6-8-21(9-7-18)35-28-33-17-24(29(30,31)32)25(36-28)16-19-4-3-5-23(19)26(39)34-20-10-11-20/h6-9,17,19-20,22-23H,3-5,10-16H2,1-2H3,(H,34,39)(H,33,35,36)/t19-,23-/m0/s1. The Morgan fingerprint density at radius 3 is 2.40 bits per heavy atom. The first kappa shape index (κ1) is 28.3. The first-order valence-corrected chi connectivity index (χ1v) is 14.1. The summed E-state index contributed by atoms with van der Waals surface area (Å²) in [7, 11) is 3.90. The number of benzene rings is 1. The van der Waals surface area contributed by atoms with E-state index in [0.717, 1.165) is 51.4 Å². The number of hydrogen-bond acceptors (Lipinski definition) is 6. The van der Waals surface area contributed by atoms with Gasteiger partial charge >= 0.3 is 6.18 Å². The number of carbonyl (C=O) groups is 2. The molecule has 2 amide bonds. The van der Waals surface area contributed by atoms with Crippen molar-refractivity contribution in [3.05, 3.63) is 47.3 Å². The van der Waals surface area contributed by atoms with E-state index in [4.69, 9.17) is 0 Å². The molecule has 3 fully saturated rings. The number of rotatable bonds is 8. The molecule has 8 nitrogen and oxygen atoms in total. The molecule has 1 aromatic carbocycles. The predicted molar refractivity (Wildman–Crippen MR) is 145 cm³/mol. The molecule has 0 radical (unpaired) electrons. The van der Waals surface area contributed by atoms with E-state index >= 15 is 0 Å². The van der Waals surface area contributed by atoms with Crippen molar-refractivity contribution in [2.75, 3.05) is 32.5 Å². The maximum atomic E-state index is 13.8. The SMILES string of the molecule is CN1CCC(N(C)C(=O)c2ccc(Nc3ncc(C(F)(F)F)c(C[C@@H]4CCC[C@@H]4C(=O)NC4CC4)n3)cc2)CC1. The number of hydrogen-bond donors (Lipinski definition) is 2. The van der Waals surface area contributed by atoms with Crippen molar-refractivity contribution in [3.63, 3.8) is 0 Å². The summed E-state index contributed by atoms with van der Waals surface area (Å²) in [5.41, 5.74) is 0.126. The van der Waals surface area contributed by atoms with Gasteiger partial charge < -0.3 is 20.4 Å². The number of anilines is 2. The Hall–Kier alpha value is -3.21. The zero-order valence-corrected chi connectivity index (χ0v) is 23.0. The molecule has 1 aromatic heterocycles. The number of piperidine rings is 1. The second kappa shape index (κ2) is 11.7. The highest BCUT2D eigenvalue weighted by atomic mass is 19.4. The van der Waals surface area contributed by atoms with Gasteiger partial charge in [-0.3, -0.25) is 9.59 Å². The van der Waals surface area contributed by atoms with Gasteiger partial charge in [0.2, 0.25) is 11.9 Å². The van der Waals surface area contributed by atoms with E-state index < -0.39 is 11.7 Å². The van der Waals surface area contributed by atoms with Gasteiger partial charge in [-0.05, 0) is 95.3 Å². The van der Waals surface area contributed by atoms with Gasteiger partial charge in [0.1, 0.15) is 0 Å². The number of carbonyl (C=O) groups excluding carboxylic acids is 2. The van der Waals surface area contributed by atoms with E-state index in [-0.39, 0.29) is 53.8 Å². The van der Waals surface area contributed by atoms with E-state index in [1.165, 1.54) is 0 Å². The minimum atomic E-state index is -4.60. The average Bonchev–Trinajstić information content (AvgIpc) is 3.62. The molecule has 216 valence electrons. The molecule has 2 aliphatic carbocycles. The zero-order valence-electron chi connectivity index (χ0n) is 23.0. The van der Waals surface area contributed by atoms with Crippen molar-refractivity contribution in [1.82, 2.24) is 25.1 Å². The Balaban J connectivity index is 1.27. The lowest BCUT2D eigenvalue weighted by atomic mass is 9.89. The van der Waals surface area contributed by atoms with Gasteiger partial charge in [-0.15, -0.1) is 0 Å². The van der Waals surface area contributed by atoms with Gasteiger partial charge in [-0.2, -0.15) is 13.2 Å². The van der Waals surface area contributed by atoms with Crippen molar-refractivity contribution in [2.45, 2.75) is 69.6 Å². The molecule has 2 saturated carbocycles. The molecule has 3 aliphatic rings. The Bertz CT molecular complexity index is 1210. The summed E-state index contributed by atoms with van der Waals surface area (Å²) >= 11 is 0. The molecule has 1 aliphatic heterocycles. The Kier molecular flexibility index (Phi) is 8.30. The van der Waals surface area contributed by atoms with Crippen LogP contribution in [0.2, 0.25) is 0 Å². The fourth-order valence-electron chi connectivity index (χ4n) is 5.86. The van der Waals surface area contributed by atoms with Crippen LogP contribution in [-0.2, 0) is 17.4 Å². The van der Waals surface area contributed by atoms with Crippen LogP contribution >= 0.6 is 0 Å². The van der Waals surface area contributed by atoms with Gasteiger partial charge in [-0.25, -0.2) is 9.97 Å². The van der Waals surface area contributed by atoms with Crippen LogP contribution in [0.25, 0.3) is 0 Å². The molecule has 2 aromatic rings. The number of halogens is 3.